The van der Waals surface area contributed by atoms with Crippen LogP contribution in [0.4, 0.5) is 11.5 Å². The number of anilines is 2. The van der Waals surface area contributed by atoms with Gasteiger partial charge in [0, 0.05) is 49.0 Å². The maximum absolute atomic E-state index is 5.10. The highest BCUT2D eigenvalue weighted by atomic mass is 15.3. The number of aromatic nitrogens is 4. The largest absolute Gasteiger partial charge is 0.368 e. The smallest absolute Gasteiger partial charge is 0.140 e. The highest BCUT2D eigenvalue weighted by molar-refractivity contribution is 5.93. The van der Waals surface area contributed by atoms with Crippen LogP contribution in [-0.4, -0.2) is 45.9 Å². The number of hydrogen-bond donors (Lipinski definition) is 0. The Labute approximate surface area is 275 Å². The Hall–Kier alpha value is -5.75. The van der Waals surface area contributed by atoms with Crippen molar-refractivity contribution >= 4 is 22.4 Å². The zero-order valence-corrected chi connectivity index (χ0v) is 26.4. The van der Waals surface area contributed by atoms with Crippen LogP contribution in [0.3, 0.4) is 0 Å². The quantitative estimate of drug-likeness (QED) is 0.171. The van der Waals surface area contributed by atoms with Gasteiger partial charge in [-0.25, -0.2) is 9.97 Å². The summed E-state index contributed by atoms with van der Waals surface area (Å²) in [5.41, 5.74) is 8.41. The van der Waals surface area contributed by atoms with Crippen molar-refractivity contribution in [1.29, 1.82) is 0 Å². The molecule has 2 aromatic heterocycles. The maximum Gasteiger partial charge on any atom is 0.140 e. The number of piperazine rings is 1. The van der Waals surface area contributed by atoms with Crippen LogP contribution in [0.5, 0.6) is 0 Å². The zero-order valence-electron chi connectivity index (χ0n) is 26.4. The maximum atomic E-state index is 5.10. The fourth-order valence-corrected chi connectivity index (χ4v) is 7.07. The topological polar surface area (TPSA) is 50.1 Å². The van der Waals surface area contributed by atoms with E-state index in [1.807, 2.05) is 6.20 Å². The molecule has 0 amide bonds. The Balaban J connectivity index is 1.18. The molecule has 3 heterocycles. The molecule has 6 nitrogen and oxygen atoms in total. The Kier molecular flexibility index (Phi) is 7.46. The minimum Gasteiger partial charge on any atom is -0.368 e. The van der Waals surface area contributed by atoms with Gasteiger partial charge in [0.15, 0.2) is 0 Å². The van der Waals surface area contributed by atoms with E-state index in [1.165, 1.54) is 11.3 Å². The van der Waals surface area contributed by atoms with Crippen molar-refractivity contribution in [3.05, 3.63) is 174 Å². The first kappa shape index (κ1) is 28.7. The minimum absolute atomic E-state index is 0.663. The second-order valence-corrected chi connectivity index (χ2v) is 12.2. The molecule has 1 aliphatic heterocycles. The second kappa shape index (κ2) is 12.2. The fraction of sp³-hybridized carbons (Fsp3) is 0.146. The molecule has 0 atom stereocenters. The van der Waals surface area contributed by atoms with Crippen molar-refractivity contribution in [3.8, 4) is 11.1 Å². The van der Waals surface area contributed by atoms with Crippen molar-refractivity contribution in [1.82, 2.24) is 19.7 Å². The van der Waals surface area contributed by atoms with Crippen LogP contribution in [0.25, 0.3) is 22.0 Å². The lowest BCUT2D eigenvalue weighted by Gasteiger charge is -2.37. The van der Waals surface area contributed by atoms with Crippen LogP contribution in [-0.2, 0) is 5.54 Å². The summed E-state index contributed by atoms with van der Waals surface area (Å²) in [6, 6.07) is 47.2. The highest BCUT2D eigenvalue weighted by Gasteiger charge is 2.39. The number of hydrogen-bond acceptors (Lipinski definition) is 5. The summed E-state index contributed by atoms with van der Waals surface area (Å²) in [5.74, 6) is 0.986. The number of benzene rings is 5. The average Bonchev–Trinajstić information content (AvgIpc) is 3.64. The van der Waals surface area contributed by atoms with Crippen LogP contribution in [0.1, 0.15) is 22.3 Å². The van der Waals surface area contributed by atoms with E-state index in [9.17, 15) is 0 Å². The fourth-order valence-electron chi connectivity index (χ4n) is 7.07. The van der Waals surface area contributed by atoms with E-state index >= 15 is 0 Å². The molecule has 1 fully saturated rings. The first-order chi connectivity index (χ1) is 23.2. The molecule has 5 aromatic carbocycles. The lowest BCUT2D eigenvalue weighted by Crippen LogP contribution is -2.47. The predicted octanol–water partition coefficient (Wildman–Crippen LogP) is 7.97. The van der Waals surface area contributed by atoms with Gasteiger partial charge in [0.2, 0.25) is 0 Å². The third-order valence-corrected chi connectivity index (χ3v) is 9.39. The first-order valence-electron chi connectivity index (χ1n) is 16.2. The predicted molar refractivity (Wildman–Crippen MR) is 191 cm³/mol. The van der Waals surface area contributed by atoms with Gasteiger partial charge in [0.1, 0.15) is 17.7 Å². The summed E-state index contributed by atoms with van der Waals surface area (Å²) in [5, 5.41) is 6.16. The SMILES string of the molecule is Cc1cccc(N2CCN(c3ncnc4ccc(-c5cnn(C(c6ccccc6)(c6ccccc6)c6ccccc6)c5)cc34)CC2)c1. The van der Waals surface area contributed by atoms with Gasteiger partial charge in [-0.1, -0.05) is 109 Å². The summed E-state index contributed by atoms with van der Waals surface area (Å²) in [7, 11) is 0. The van der Waals surface area contributed by atoms with Gasteiger partial charge in [-0.05, 0) is 59.0 Å². The summed E-state index contributed by atoms with van der Waals surface area (Å²) >= 11 is 0. The van der Waals surface area contributed by atoms with E-state index in [-0.39, 0.29) is 0 Å². The molecule has 0 unspecified atom stereocenters. The number of aryl methyl sites for hydroxylation is 1. The second-order valence-electron chi connectivity index (χ2n) is 12.2. The molecule has 0 saturated carbocycles. The molecule has 230 valence electrons. The molecule has 0 radical (unpaired) electrons. The van der Waals surface area contributed by atoms with Gasteiger partial charge in [0.05, 0.1) is 11.7 Å². The molecule has 47 heavy (non-hydrogen) atoms. The van der Waals surface area contributed by atoms with E-state index in [0.717, 1.165) is 70.7 Å². The van der Waals surface area contributed by atoms with Crippen LogP contribution < -0.4 is 9.80 Å². The normalized spacial score (nSPS) is 13.6. The molecular weight excluding hydrogens is 576 g/mol. The Morgan fingerprint density at radius 3 is 1.81 bits per heavy atom. The van der Waals surface area contributed by atoms with Gasteiger partial charge in [-0.2, -0.15) is 5.10 Å². The number of fused-ring (bicyclic) bond motifs is 1. The lowest BCUT2D eigenvalue weighted by molar-refractivity contribution is 0.460. The molecule has 7 aromatic rings. The molecule has 1 saturated heterocycles. The van der Waals surface area contributed by atoms with E-state index in [4.69, 9.17) is 10.1 Å². The van der Waals surface area contributed by atoms with E-state index < -0.39 is 5.54 Å². The third kappa shape index (κ3) is 5.22. The standard InChI is InChI=1S/C41H36N6/c1-31-12-11-19-37(26-31)45-22-24-46(25-23-45)40-38-27-32(20-21-39(38)42-30-43-40)33-28-44-47(29-33)41(34-13-5-2-6-14-34,35-15-7-3-8-16-35)36-17-9-4-10-18-36/h2-21,26-30H,22-25H2,1H3. The monoisotopic (exact) mass is 612 g/mol. The van der Waals surface area contributed by atoms with Crippen molar-refractivity contribution < 1.29 is 0 Å². The van der Waals surface area contributed by atoms with Gasteiger partial charge >= 0.3 is 0 Å². The van der Waals surface area contributed by atoms with E-state index in [2.05, 4.69) is 166 Å². The molecule has 0 N–H and O–H groups in total. The molecule has 1 aliphatic rings. The van der Waals surface area contributed by atoms with Gasteiger partial charge < -0.3 is 9.80 Å². The Morgan fingerprint density at radius 1 is 0.574 bits per heavy atom. The van der Waals surface area contributed by atoms with Crippen LogP contribution >= 0.6 is 0 Å². The van der Waals surface area contributed by atoms with Gasteiger partial charge in [0.25, 0.3) is 0 Å². The molecule has 6 heteroatoms. The van der Waals surface area contributed by atoms with Gasteiger partial charge in [-0.3, -0.25) is 4.68 Å². The Bertz CT molecular complexity index is 2020. The summed E-state index contributed by atoms with van der Waals surface area (Å²) in [6.45, 7) is 5.84. The third-order valence-electron chi connectivity index (χ3n) is 9.39. The first-order valence-corrected chi connectivity index (χ1v) is 16.2. The average molecular weight is 613 g/mol. The number of rotatable bonds is 7. The zero-order chi connectivity index (χ0) is 31.6. The van der Waals surface area contributed by atoms with Crippen LogP contribution in [0, 0.1) is 6.92 Å². The van der Waals surface area contributed by atoms with Crippen molar-refractivity contribution in [2.24, 2.45) is 0 Å². The van der Waals surface area contributed by atoms with Crippen molar-refractivity contribution in [3.63, 3.8) is 0 Å². The number of nitrogens with zero attached hydrogens (tertiary/aromatic N) is 6. The van der Waals surface area contributed by atoms with Crippen LogP contribution in [0.2, 0.25) is 0 Å². The van der Waals surface area contributed by atoms with Crippen molar-refractivity contribution in [2.75, 3.05) is 36.0 Å². The van der Waals surface area contributed by atoms with Crippen LogP contribution in [0.15, 0.2) is 152 Å². The van der Waals surface area contributed by atoms with E-state index in [1.54, 1.807) is 6.33 Å². The molecule has 0 aliphatic carbocycles. The molecular formula is C41H36N6. The highest BCUT2D eigenvalue weighted by Crippen LogP contribution is 2.41. The minimum atomic E-state index is -0.663. The molecule has 8 rings (SSSR count). The Morgan fingerprint density at radius 2 is 1.19 bits per heavy atom. The summed E-state index contributed by atoms with van der Waals surface area (Å²) < 4.78 is 2.12. The molecule has 0 bridgehead atoms. The van der Waals surface area contributed by atoms with E-state index in [0.29, 0.717) is 0 Å². The lowest BCUT2D eigenvalue weighted by atomic mass is 9.77. The van der Waals surface area contributed by atoms with Crippen molar-refractivity contribution in [2.45, 2.75) is 12.5 Å². The summed E-state index contributed by atoms with van der Waals surface area (Å²) in [4.78, 5) is 14.3. The summed E-state index contributed by atoms with van der Waals surface area (Å²) in [6.07, 6.45) is 5.85. The molecule has 0 spiro atoms. The van der Waals surface area contributed by atoms with Gasteiger partial charge in [-0.15, -0.1) is 0 Å².